The third-order valence-electron chi connectivity index (χ3n) is 3.64. The molecule has 2 rings (SSSR count). The van der Waals surface area contributed by atoms with Crippen molar-refractivity contribution in [3.05, 3.63) is 29.8 Å². The topological polar surface area (TPSA) is 49.8 Å². The number of ether oxygens (including phenoxy) is 1. The molecule has 2 atom stereocenters. The first kappa shape index (κ1) is 14.7. The number of likely N-dealkylation sites (tertiary alicyclic amines) is 1. The monoisotopic (exact) mass is 285 g/mol. The van der Waals surface area contributed by atoms with E-state index in [4.69, 9.17) is 0 Å². The van der Waals surface area contributed by atoms with Crippen molar-refractivity contribution in [1.29, 1.82) is 0 Å². The average molecular weight is 285 g/mol. The van der Waals surface area contributed by atoms with E-state index in [1.165, 1.54) is 12.1 Å². The molecule has 110 valence electrons. The van der Waals surface area contributed by atoms with Gasteiger partial charge in [-0.3, -0.25) is 9.69 Å². The van der Waals surface area contributed by atoms with Crippen LogP contribution in [0.1, 0.15) is 31.4 Å². The van der Waals surface area contributed by atoms with Crippen molar-refractivity contribution in [1.82, 2.24) is 4.90 Å². The fourth-order valence-corrected chi connectivity index (χ4v) is 2.66. The Morgan fingerprint density at radius 1 is 1.50 bits per heavy atom. The standard InChI is InChI=1S/C14H17F2NO3/c1-9(17-7-3-6-12(17)13(18)19)10-4-2-5-11(8-10)20-14(15)16/h2,4-5,8-9,12,14H,3,6-7H2,1H3,(H,18,19). The van der Waals surface area contributed by atoms with Gasteiger partial charge in [0.05, 0.1) is 0 Å². The number of rotatable bonds is 5. The SMILES string of the molecule is CC(c1cccc(OC(F)F)c1)N1CCCC1C(=O)O. The minimum atomic E-state index is -2.86. The number of alkyl halides is 2. The van der Waals surface area contributed by atoms with Crippen LogP contribution in [0.2, 0.25) is 0 Å². The van der Waals surface area contributed by atoms with Crippen molar-refractivity contribution in [3.63, 3.8) is 0 Å². The molecule has 1 saturated heterocycles. The van der Waals surface area contributed by atoms with E-state index in [1.54, 1.807) is 12.1 Å². The van der Waals surface area contributed by atoms with Crippen LogP contribution in [0.5, 0.6) is 5.75 Å². The van der Waals surface area contributed by atoms with E-state index in [9.17, 15) is 18.7 Å². The molecular weight excluding hydrogens is 268 g/mol. The van der Waals surface area contributed by atoms with Gasteiger partial charge in [0, 0.05) is 6.04 Å². The highest BCUT2D eigenvalue weighted by atomic mass is 19.3. The van der Waals surface area contributed by atoms with Crippen LogP contribution in [0.4, 0.5) is 8.78 Å². The van der Waals surface area contributed by atoms with E-state index in [2.05, 4.69) is 4.74 Å². The van der Waals surface area contributed by atoms with E-state index < -0.39 is 18.6 Å². The fraction of sp³-hybridized carbons (Fsp3) is 0.500. The van der Waals surface area contributed by atoms with Gasteiger partial charge in [0.25, 0.3) is 0 Å². The Balaban J connectivity index is 2.16. The molecule has 1 aromatic rings. The van der Waals surface area contributed by atoms with Crippen molar-refractivity contribution < 1.29 is 23.4 Å². The van der Waals surface area contributed by atoms with Crippen LogP contribution in [0.3, 0.4) is 0 Å². The minimum absolute atomic E-state index is 0.0930. The Kier molecular flexibility index (Phi) is 4.54. The maximum Gasteiger partial charge on any atom is 0.387 e. The summed E-state index contributed by atoms with van der Waals surface area (Å²) < 4.78 is 28.8. The molecule has 1 aliphatic rings. The van der Waals surface area contributed by atoms with E-state index in [0.717, 1.165) is 12.0 Å². The first-order valence-electron chi connectivity index (χ1n) is 6.52. The van der Waals surface area contributed by atoms with Crippen LogP contribution in [-0.2, 0) is 4.79 Å². The number of hydrogen-bond acceptors (Lipinski definition) is 3. The predicted octanol–water partition coefficient (Wildman–Crippen LogP) is 2.90. The Labute approximate surface area is 116 Å². The van der Waals surface area contributed by atoms with Crippen LogP contribution in [0.25, 0.3) is 0 Å². The summed E-state index contributed by atoms with van der Waals surface area (Å²) in [6.07, 6.45) is 1.45. The summed E-state index contributed by atoms with van der Waals surface area (Å²) >= 11 is 0. The summed E-state index contributed by atoms with van der Waals surface area (Å²) in [4.78, 5) is 13.1. The minimum Gasteiger partial charge on any atom is -0.480 e. The number of carbonyl (C=O) groups is 1. The highest BCUT2D eigenvalue weighted by Gasteiger charge is 2.34. The van der Waals surface area contributed by atoms with Crippen molar-refractivity contribution in [3.8, 4) is 5.75 Å². The van der Waals surface area contributed by atoms with Crippen molar-refractivity contribution >= 4 is 5.97 Å². The molecule has 6 heteroatoms. The first-order valence-corrected chi connectivity index (χ1v) is 6.52. The van der Waals surface area contributed by atoms with Gasteiger partial charge in [0.15, 0.2) is 0 Å². The summed E-state index contributed by atoms with van der Waals surface area (Å²) in [5.41, 5.74) is 0.774. The lowest BCUT2D eigenvalue weighted by Gasteiger charge is -2.28. The van der Waals surface area contributed by atoms with Crippen LogP contribution < -0.4 is 4.74 Å². The second-order valence-electron chi connectivity index (χ2n) is 4.86. The van der Waals surface area contributed by atoms with Crippen molar-refractivity contribution in [2.75, 3.05) is 6.54 Å². The molecule has 1 fully saturated rings. The molecule has 0 aliphatic carbocycles. The van der Waals surface area contributed by atoms with Gasteiger partial charge in [-0.05, 0) is 44.0 Å². The smallest absolute Gasteiger partial charge is 0.387 e. The zero-order valence-corrected chi connectivity index (χ0v) is 11.1. The number of benzene rings is 1. The van der Waals surface area contributed by atoms with E-state index in [1.807, 2.05) is 11.8 Å². The Hall–Kier alpha value is -1.69. The molecule has 0 amide bonds. The molecule has 0 bridgehead atoms. The van der Waals surface area contributed by atoms with Gasteiger partial charge < -0.3 is 9.84 Å². The van der Waals surface area contributed by atoms with Gasteiger partial charge in [-0.25, -0.2) is 0 Å². The van der Waals surface area contributed by atoms with Crippen molar-refractivity contribution in [2.45, 2.75) is 38.5 Å². The normalized spacial score (nSPS) is 21.1. The number of halogens is 2. The second kappa shape index (κ2) is 6.17. The predicted molar refractivity (Wildman–Crippen MR) is 68.9 cm³/mol. The summed E-state index contributed by atoms with van der Waals surface area (Å²) in [5, 5.41) is 9.19. The third kappa shape index (κ3) is 3.25. The van der Waals surface area contributed by atoms with Crippen molar-refractivity contribution in [2.24, 2.45) is 0 Å². The molecule has 20 heavy (non-hydrogen) atoms. The largest absolute Gasteiger partial charge is 0.480 e. The number of nitrogens with zero attached hydrogens (tertiary/aromatic N) is 1. The fourth-order valence-electron chi connectivity index (χ4n) is 2.66. The summed E-state index contributed by atoms with van der Waals surface area (Å²) in [6, 6.07) is 5.76. The van der Waals surface area contributed by atoms with Gasteiger partial charge in [-0.1, -0.05) is 12.1 Å². The summed E-state index contributed by atoms with van der Waals surface area (Å²) in [6.45, 7) is -0.292. The molecule has 0 saturated carbocycles. The van der Waals surface area contributed by atoms with Gasteiger partial charge in [0.1, 0.15) is 11.8 Å². The van der Waals surface area contributed by atoms with E-state index in [-0.39, 0.29) is 11.8 Å². The highest BCUT2D eigenvalue weighted by molar-refractivity contribution is 5.73. The quantitative estimate of drug-likeness (QED) is 0.903. The molecule has 1 aromatic carbocycles. The maximum absolute atomic E-state index is 12.2. The molecular formula is C14H17F2NO3. The van der Waals surface area contributed by atoms with Crippen LogP contribution in [-0.4, -0.2) is 35.2 Å². The Bertz CT molecular complexity index is 481. The van der Waals surface area contributed by atoms with Gasteiger partial charge in [-0.2, -0.15) is 8.78 Å². The van der Waals surface area contributed by atoms with E-state index >= 15 is 0 Å². The lowest BCUT2D eigenvalue weighted by molar-refractivity contribution is -0.142. The van der Waals surface area contributed by atoms with Gasteiger partial charge in [-0.15, -0.1) is 0 Å². The average Bonchev–Trinajstić information content (AvgIpc) is 2.86. The second-order valence-corrected chi connectivity index (χ2v) is 4.86. The van der Waals surface area contributed by atoms with Crippen LogP contribution >= 0.6 is 0 Å². The molecule has 1 aliphatic heterocycles. The van der Waals surface area contributed by atoms with Crippen LogP contribution in [0, 0.1) is 0 Å². The third-order valence-corrected chi connectivity index (χ3v) is 3.64. The van der Waals surface area contributed by atoms with Gasteiger partial charge >= 0.3 is 12.6 Å². The molecule has 1 N–H and O–H groups in total. The molecule has 4 nitrogen and oxygen atoms in total. The molecule has 2 unspecified atom stereocenters. The Morgan fingerprint density at radius 3 is 2.90 bits per heavy atom. The summed E-state index contributed by atoms with van der Waals surface area (Å²) in [5.74, 6) is -0.746. The lowest BCUT2D eigenvalue weighted by Crippen LogP contribution is -2.37. The Morgan fingerprint density at radius 2 is 2.25 bits per heavy atom. The number of aliphatic carboxylic acids is 1. The number of carboxylic acids is 1. The highest BCUT2D eigenvalue weighted by Crippen LogP contribution is 2.31. The molecule has 0 radical (unpaired) electrons. The summed E-state index contributed by atoms with van der Waals surface area (Å²) in [7, 11) is 0. The lowest BCUT2D eigenvalue weighted by atomic mass is 10.1. The number of hydrogen-bond donors (Lipinski definition) is 1. The first-order chi connectivity index (χ1) is 9.49. The van der Waals surface area contributed by atoms with Gasteiger partial charge in [0.2, 0.25) is 0 Å². The maximum atomic E-state index is 12.2. The molecule has 1 heterocycles. The van der Waals surface area contributed by atoms with E-state index in [0.29, 0.717) is 13.0 Å². The molecule has 0 spiro atoms. The zero-order valence-electron chi connectivity index (χ0n) is 11.1. The number of carboxylic acid groups (broad SMARTS) is 1. The van der Waals surface area contributed by atoms with Crippen LogP contribution in [0.15, 0.2) is 24.3 Å². The zero-order chi connectivity index (χ0) is 14.7. The molecule has 0 aromatic heterocycles.